The van der Waals surface area contributed by atoms with Gasteiger partial charge in [-0.2, -0.15) is 4.68 Å². The van der Waals surface area contributed by atoms with Crippen LogP contribution in [0.1, 0.15) is 32.9 Å². The highest BCUT2D eigenvalue weighted by Crippen LogP contribution is 2.22. The van der Waals surface area contributed by atoms with Crippen LogP contribution in [0.4, 0.5) is 0 Å². The third-order valence-electron chi connectivity index (χ3n) is 2.18. The predicted octanol–water partition coefficient (Wildman–Crippen LogP) is -0.00820. The fourth-order valence-corrected chi connectivity index (χ4v) is 2.12. The molecule has 0 aromatic carbocycles. The fourth-order valence-electron chi connectivity index (χ4n) is 1.39. The zero-order valence-electron chi connectivity index (χ0n) is 8.58. The summed E-state index contributed by atoms with van der Waals surface area (Å²) in [6, 6.07) is 0. The predicted molar refractivity (Wildman–Crippen MR) is 54.0 cm³/mol. The molecule has 0 saturated heterocycles. The SMILES string of the molecule is CCc1nnc(-n2nnc3c2C(=O)OC3=O)s1. The number of hydrogen-bond acceptors (Lipinski definition) is 8. The first-order chi connectivity index (χ1) is 8.20. The van der Waals surface area contributed by atoms with E-state index < -0.39 is 11.9 Å². The van der Waals surface area contributed by atoms with Crippen LogP contribution in [0.15, 0.2) is 0 Å². The monoisotopic (exact) mass is 251 g/mol. The first kappa shape index (κ1) is 10.0. The Balaban J connectivity index is 2.14. The second kappa shape index (κ2) is 3.42. The van der Waals surface area contributed by atoms with E-state index in [1.807, 2.05) is 6.92 Å². The number of ether oxygens (including phenoxy) is 1. The Morgan fingerprint density at radius 1 is 1.24 bits per heavy atom. The summed E-state index contributed by atoms with van der Waals surface area (Å²) in [5.74, 6) is -1.54. The molecule has 1 aliphatic rings. The van der Waals surface area contributed by atoms with Gasteiger partial charge in [0.05, 0.1) is 0 Å². The van der Waals surface area contributed by atoms with Crippen molar-refractivity contribution >= 4 is 23.3 Å². The van der Waals surface area contributed by atoms with Gasteiger partial charge in [0.25, 0.3) is 0 Å². The summed E-state index contributed by atoms with van der Waals surface area (Å²) in [5.41, 5.74) is -0.0722. The molecule has 0 N–H and O–H groups in total. The van der Waals surface area contributed by atoms with Crippen molar-refractivity contribution in [2.75, 3.05) is 0 Å². The van der Waals surface area contributed by atoms with Crippen molar-refractivity contribution in [3.05, 3.63) is 16.4 Å². The summed E-state index contributed by atoms with van der Waals surface area (Å²) in [6.45, 7) is 1.94. The molecule has 17 heavy (non-hydrogen) atoms. The molecule has 9 heteroatoms. The lowest BCUT2D eigenvalue weighted by Crippen LogP contribution is -2.08. The molecule has 0 aliphatic carbocycles. The van der Waals surface area contributed by atoms with Crippen LogP contribution >= 0.6 is 11.3 Å². The molecule has 2 aromatic heterocycles. The van der Waals surface area contributed by atoms with E-state index in [2.05, 4.69) is 25.2 Å². The normalized spacial score (nSPS) is 13.9. The highest BCUT2D eigenvalue weighted by Gasteiger charge is 2.37. The molecular weight excluding hydrogens is 246 g/mol. The van der Waals surface area contributed by atoms with Gasteiger partial charge >= 0.3 is 11.9 Å². The van der Waals surface area contributed by atoms with Gasteiger partial charge in [0, 0.05) is 0 Å². The summed E-state index contributed by atoms with van der Waals surface area (Å²) < 4.78 is 5.60. The maximum absolute atomic E-state index is 11.4. The van der Waals surface area contributed by atoms with E-state index in [-0.39, 0.29) is 11.4 Å². The number of esters is 2. The molecular formula is C8H5N5O3S. The summed E-state index contributed by atoms with van der Waals surface area (Å²) in [5, 5.41) is 16.3. The molecule has 8 nitrogen and oxygen atoms in total. The summed E-state index contributed by atoms with van der Waals surface area (Å²) in [4.78, 5) is 22.6. The van der Waals surface area contributed by atoms with Crippen molar-refractivity contribution in [3.63, 3.8) is 0 Å². The Bertz CT molecular complexity index is 631. The molecule has 86 valence electrons. The standard InChI is InChI=1S/C8H5N5O3S/c1-2-3-9-11-8(17-3)13-5-4(10-12-13)6(14)16-7(5)15/h2H2,1H3. The zero-order chi connectivity index (χ0) is 12.0. The highest BCUT2D eigenvalue weighted by atomic mass is 32.1. The van der Waals surface area contributed by atoms with E-state index in [1.54, 1.807) is 0 Å². The largest absolute Gasteiger partial charge is 0.383 e. The van der Waals surface area contributed by atoms with Crippen LogP contribution in [0.5, 0.6) is 0 Å². The first-order valence-electron chi connectivity index (χ1n) is 4.75. The van der Waals surface area contributed by atoms with Crippen LogP contribution in [-0.4, -0.2) is 37.1 Å². The molecule has 0 radical (unpaired) electrons. The van der Waals surface area contributed by atoms with Crippen molar-refractivity contribution in [2.24, 2.45) is 0 Å². The van der Waals surface area contributed by atoms with E-state index in [0.29, 0.717) is 5.13 Å². The molecule has 0 spiro atoms. The second-order valence-electron chi connectivity index (χ2n) is 3.21. The van der Waals surface area contributed by atoms with Crippen molar-refractivity contribution in [1.29, 1.82) is 0 Å². The highest BCUT2D eigenvalue weighted by molar-refractivity contribution is 7.13. The number of fused-ring (bicyclic) bond motifs is 1. The Kier molecular flexibility index (Phi) is 2.01. The number of hydrogen-bond donors (Lipinski definition) is 0. The minimum Gasteiger partial charge on any atom is -0.383 e. The van der Waals surface area contributed by atoms with Crippen LogP contribution in [-0.2, 0) is 11.2 Å². The van der Waals surface area contributed by atoms with Crippen LogP contribution in [0.3, 0.4) is 0 Å². The quantitative estimate of drug-likeness (QED) is 0.546. The van der Waals surface area contributed by atoms with Gasteiger partial charge < -0.3 is 4.74 Å². The number of aromatic nitrogens is 5. The molecule has 0 unspecified atom stereocenters. The van der Waals surface area contributed by atoms with Gasteiger partial charge in [-0.3, -0.25) is 0 Å². The fraction of sp³-hybridized carbons (Fsp3) is 0.250. The minimum absolute atomic E-state index is 0.00815. The van der Waals surface area contributed by atoms with E-state index in [0.717, 1.165) is 11.4 Å². The van der Waals surface area contributed by atoms with Crippen LogP contribution in [0.25, 0.3) is 5.13 Å². The van der Waals surface area contributed by atoms with Gasteiger partial charge in [-0.15, -0.1) is 15.3 Å². The number of nitrogens with zero attached hydrogens (tertiary/aromatic N) is 5. The summed E-state index contributed by atoms with van der Waals surface area (Å²) >= 11 is 1.28. The van der Waals surface area contributed by atoms with Gasteiger partial charge in [0.1, 0.15) is 5.01 Å². The number of carbonyl (C=O) groups is 2. The molecule has 0 bridgehead atoms. The first-order valence-corrected chi connectivity index (χ1v) is 5.57. The number of aryl methyl sites for hydroxylation is 1. The van der Waals surface area contributed by atoms with Crippen LogP contribution in [0.2, 0.25) is 0 Å². The van der Waals surface area contributed by atoms with E-state index in [1.165, 1.54) is 16.0 Å². The molecule has 1 aliphatic heterocycles. The summed E-state index contributed by atoms with van der Waals surface area (Å²) in [6.07, 6.45) is 0.734. The average Bonchev–Trinajstić information content (AvgIpc) is 2.98. The third-order valence-corrected chi connectivity index (χ3v) is 3.23. The van der Waals surface area contributed by atoms with Crippen molar-refractivity contribution in [2.45, 2.75) is 13.3 Å². The smallest absolute Gasteiger partial charge is 0.369 e. The maximum atomic E-state index is 11.4. The van der Waals surface area contributed by atoms with E-state index >= 15 is 0 Å². The molecule has 3 heterocycles. The molecule has 0 amide bonds. The topological polar surface area (TPSA) is 99.9 Å². The number of rotatable bonds is 2. The van der Waals surface area contributed by atoms with E-state index in [9.17, 15) is 9.59 Å². The van der Waals surface area contributed by atoms with Crippen LogP contribution in [0, 0.1) is 0 Å². The Morgan fingerprint density at radius 3 is 2.76 bits per heavy atom. The molecule has 0 atom stereocenters. The Hall–Kier alpha value is -2.16. The van der Waals surface area contributed by atoms with Crippen molar-refractivity contribution in [1.82, 2.24) is 25.2 Å². The van der Waals surface area contributed by atoms with Gasteiger partial charge in [0.2, 0.25) is 10.8 Å². The maximum Gasteiger partial charge on any atom is 0.369 e. The number of carbonyl (C=O) groups excluding carboxylic acids is 2. The Morgan fingerprint density at radius 2 is 2.06 bits per heavy atom. The van der Waals surface area contributed by atoms with Gasteiger partial charge in [-0.05, 0) is 6.42 Å². The van der Waals surface area contributed by atoms with E-state index in [4.69, 9.17) is 0 Å². The van der Waals surface area contributed by atoms with Crippen LogP contribution < -0.4 is 0 Å². The lowest BCUT2D eigenvalue weighted by atomic mass is 10.4. The average molecular weight is 251 g/mol. The molecule has 2 aromatic rings. The van der Waals surface area contributed by atoms with Gasteiger partial charge in [0.15, 0.2) is 5.69 Å². The number of cyclic esters (lactones) is 2. The zero-order valence-corrected chi connectivity index (χ0v) is 9.39. The van der Waals surface area contributed by atoms with Crippen molar-refractivity contribution in [3.8, 4) is 5.13 Å². The van der Waals surface area contributed by atoms with Crippen molar-refractivity contribution < 1.29 is 14.3 Å². The lowest BCUT2D eigenvalue weighted by Gasteiger charge is -1.94. The third kappa shape index (κ3) is 1.35. The molecule has 0 fully saturated rings. The van der Waals surface area contributed by atoms with Gasteiger partial charge in [-0.1, -0.05) is 23.5 Å². The molecule has 3 rings (SSSR count). The minimum atomic E-state index is -0.781. The van der Waals surface area contributed by atoms with Gasteiger partial charge in [-0.25, -0.2) is 9.59 Å². The molecule has 0 saturated carbocycles. The Labute approximate surface area is 98.2 Å². The summed E-state index contributed by atoms with van der Waals surface area (Å²) in [7, 11) is 0. The lowest BCUT2D eigenvalue weighted by molar-refractivity contribution is 0.0434. The second-order valence-corrected chi connectivity index (χ2v) is 4.25.